The van der Waals surface area contributed by atoms with Gasteiger partial charge in [0.1, 0.15) is 5.60 Å². The fourth-order valence-electron chi connectivity index (χ4n) is 1.22. The Labute approximate surface area is 78.4 Å². The molecule has 0 aromatic rings. The summed E-state index contributed by atoms with van der Waals surface area (Å²) in [6.45, 7) is 5.49. The Morgan fingerprint density at radius 1 is 1.62 bits per heavy atom. The normalized spacial score (nSPS) is 22.8. The predicted octanol–water partition coefficient (Wildman–Crippen LogP) is 1.41. The third kappa shape index (κ3) is 3.19. The Hall–Kier alpha value is -0.830. The maximum Gasteiger partial charge on any atom is 0.334 e. The third-order valence-corrected chi connectivity index (χ3v) is 1.76. The average molecular weight is 184 g/mol. The molecule has 0 amide bonds. The Morgan fingerprint density at radius 3 is 2.62 bits per heavy atom. The molecule has 0 aromatic carbocycles. The van der Waals surface area contributed by atoms with Crippen molar-refractivity contribution in [2.45, 2.75) is 45.3 Å². The van der Waals surface area contributed by atoms with Crippen LogP contribution < -0.4 is 0 Å². The van der Waals surface area contributed by atoms with Crippen LogP contribution in [-0.2, 0) is 9.53 Å². The molecular weight excluding hydrogens is 168 g/mol. The lowest BCUT2D eigenvalue weighted by molar-refractivity contribution is -0.149. The van der Waals surface area contributed by atoms with Crippen LogP contribution in [0.5, 0.6) is 0 Å². The molecule has 1 unspecified atom stereocenters. The zero-order chi connectivity index (χ0) is 10.1. The molecule has 1 atom stereocenters. The zero-order valence-electron chi connectivity index (χ0n) is 8.33. The summed E-state index contributed by atoms with van der Waals surface area (Å²) in [5.74, 6) is -0.302. The first kappa shape index (κ1) is 10.3. The Kier molecular flexibility index (Phi) is 2.76. The lowest BCUT2D eigenvalue weighted by Crippen LogP contribution is -2.24. The number of rotatable bonds is 1. The van der Waals surface area contributed by atoms with E-state index in [1.54, 1.807) is 6.08 Å². The molecule has 74 valence electrons. The van der Waals surface area contributed by atoms with Gasteiger partial charge in [0.25, 0.3) is 0 Å². The van der Waals surface area contributed by atoms with Crippen LogP contribution in [-0.4, -0.2) is 22.8 Å². The van der Waals surface area contributed by atoms with Gasteiger partial charge in [-0.25, -0.2) is 4.79 Å². The third-order valence-electron chi connectivity index (χ3n) is 1.76. The van der Waals surface area contributed by atoms with Crippen LogP contribution in [0.25, 0.3) is 0 Å². The summed E-state index contributed by atoms with van der Waals surface area (Å²) >= 11 is 0. The number of aliphatic hydroxyl groups is 1. The molecule has 1 rings (SSSR count). The van der Waals surface area contributed by atoms with Crippen LogP contribution in [0, 0.1) is 0 Å². The molecular formula is C10H16O3. The van der Waals surface area contributed by atoms with Gasteiger partial charge in [0, 0.05) is 5.57 Å². The number of carbonyl (C=O) groups excluding carboxylic acids is 1. The van der Waals surface area contributed by atoms with E-state index in [1.165, 1.54) is 0 Å². The largest absolute Gasteiger partial charge is 0.457 e. The van der Waals surface area contributed by atoms with Crippen molar-refractivity contribution in [3.8, 4) is 0 Å². The summed E-state index contributed by atoms with van der Waals surface area (Å²) in [6.07, 6.45) is 2.36. The number of ether oxygens (including phenoxy) is 1. The van der Waals surface area contributed by atoms with E-state index < -0.39 is 11.7 Å². The SMILES string of the molecule is CC(C)(C)OC(=O)C1=CC(O)CC1. The van der Waals surface area contributed by atoms with Crippen LogP contribution in [0.2, 0.25) is 0 Å². The highest BCUT2D eigenvalue weighted by molar-refractivity contribution is 5.89. The molecule has 13 heavy (non-hydrogen) atoms. The maximum absolute atomic E-state index is 11.4. The van der Waals surface area contributed by atoms with Crippen molar-refractivity contribution in [1.82, 2.24) is 0 Å². The molecule has 0 aliphatic heterocycles. The monoisotopic (exact) mass is 184 g/mol. The number of aliphatic hydroxyl groups excluding tert-OH is 1. The number of esters is 1. The molecule has 0 aromatic heterocycles. The highest BCUT2D eigenvalue weighted by atomic mass is 16.6. The topological polar surface area (TPSA) is 46.5 Å². The lowest BCUT2D eigenvalue weighted by Gasteiger charge is -2.19. The second kappa shape index (κ2) is 3.50. The number of carbonyl (C=O) groups is 1. The van der Waals surface area contributed by atoms with Crippen LogP contribution in [0.1, 0.15) is 33.6 Å². The molecule has 0 heterocycles. The second-order valence-corrected chi connectivity index (χ2v) is 4.30. The van der Waals surface area contributed by atoms with E-state index >= 15 is 0 Å². The lowest BCUT2D eigenvalue weighted by atomic mass is 10.2. The van der Waals surface area contributed by atoms with E-state index in [9.17, 15) is 4.79 Å². The Balaban J connectivity index is 2.54. The molecule has 0 radical (unpaired) electrons. The smallest absolute Gasteiger partial charge is 0.334 e. The van der Waals surface area contributed by atoms with Crippen LogP contribution in [0.15, 0.2) is 11.6 Å². The minimum atomic E-state index is -0.470. The van der Waals surface area contributed by atoms with E-state index in [4.69, 9.17) is 9.84 Å². The van der Waals surface area contributed by atoms with Crippen LogP contribution in [0.4, 0.5) is 0 Å². The molecule has 1 aliphatic rings. The molecule has 1 N–H and O–H groups in total. The van der Waals surface area contributed by atoms with Gasteiger partial charge in [0.05, 0.1) is 6.10 Å². The highest BCUT2D eigenvalue weighted by Gasteiger charge is 2.23. The van der Waals surface area contributed by atoms with Crippen LogP contribution >= 0.6 is 0 Å². The molecule has 0 spiro atoms. The molecule has 3 heteroatoms. The number of hydrogen-bond donors (Lipinski definition) is 1. The van der Waals surface area contributed by atoms with Gasteiger partial charge in [-0.05, 0) is 39.7 Å². The van der Waals surface area contributed by atoms with Gasteiger partial charge in [-0.3, -0.25) is 0 Å². The number of hydrogen-bond acceptors (Lipinski definition) is 3. The van der Waals surface area contributed by atoms with E-state index in [-0.39, 0.29) is 5.97 Å². The predicted molar refractivity (Wildman–Crippen MR) is 49.2 cm³/mol. The molecule has 0 fully saturated rings. The Bertz CT molecular complexity index is 235. The van der Waals surface area contributed by atoms with Crippen molar-refractivity contribution in [2.75, 3.05) is 0 Å². The van der Waals surface area contributed by atoms with Crippen molar-refractivity contribution < 1.29 is 14.6 Å². The van der Waals surface area contributed by atoms with Crippen molar-refractivity contribution in [3.05, 3.63) is 11.6 Å². The van der Waals surface area contributed by atoms with Gasteiger partial charge in [0.15, 0.2) is 0 Å². The summed E-state index contributed by atoms with van der Waals surface area (Å²) in [4.78, 5) is 11.4. The quantitative estimate of drug-likeness (QED) is 0.627. The summed E-state index contributed by atoms with van der Waals surface area (Å²) in [6, 6.07) is 0. The van der Waals surface area contributed by atoms with Gasteiger partial charge in [-0.15, -0.1) is 0 Å². The molecule has 3 nitrogen and oxygen atoms in total. The van der Waals surface area contributed by atoms with E-state index in [2.05, 4.69) is 0 Å². The maximum atomic E-state index is 11.4. The van der Waals surface area contributed by atoms with E-state index in [0.717, 1.165) is 0 Å². The zero-order valence-corrected chi connectivity index (χ0v) is 8.33. The van der Waals surface area contributed by atoms with E-state index in [1.807, 2.05) is 20.8 Å². The van der Waals surface area contributed by atoms with Crippen molar-refractivity contribution in [3.63, 3.8) is 0 Å². The summed E-state index contributed by atoms with van der Waals surface area (Å²) in [7, 11) is 0. The summed E-state index contributed by atoms with van der Waals surface area (Å²) < 4.78 is 5.15. The fraction of sp³-hybridized carbons (Fsp3) is 0.700. The van der Waals surface area contributed by atoms with Crippen molar-refractivity contribution in [1.29, 1.82) is 0 Å². The highest BCUT2D eigenvalue weighted by Crippen LogP contribution is 2.21. The molecule has 0 saturated carbocycles. The second-order valence-electron chi connectivity index (χ2n) is 4.30. The van der Waals surface area contributed by atoms with Gasteiger partial charge in [-0.2, -0.15) is 0 Å². The van der Waals surface area contributed by atoms with Crippen molar-refractivity contribution >= 4 is 5.97 Å². The first-order valence-corrected chi connectivity index (χ1v) is 4.50. The van der Waals surface area contributed by atoms with Gasteiger partial charge >= 0.3 is 5.97 Å². The first-order valence-electron chi connectivity index (χ1n) is 4.50. The minimum absolute atomic E-state index is 0.302. The fourth-order valence-corrected chi connectivity index (χ4v) is 1.22. The standard InChI is InChI=1S/C10H16O3/c1-10(2,3)13-9(12)7-4-5-8(11)6-7/h6,8,11H,4-5H2,1-3H3. The molecule has 0 saturated heterocycles. The first-order chi connectivity index (χ1) is 5.88. The van der Waals surface area contributed by atoms with Crippen LogP contribution in [0.3, 0.4) is 0 Å². The van der Waals surface area contributed by atoms with Crippen molar-refractivity contribution in [2.24, 2.45) is 0 Å². The molecule has 0 bridgehead atoms. The average Bonchev–Trinajstić information content (AvgIpc) is 2.31. The Morgan fingerprint density at radius 2 is 2.23 bits per heavy atom. The molecule has 1 aliphatic carbocycles. The van der Waals surface area contributed by atoms with Gasteiger partial charge < -0.3 is 9.84 Å². The van der Waals surface area contributed by atoms with E-state index in [0.29, 0.717) is 18.4 Å². The minimum Gasteiger partial charge on any atom is -0.457 e. The van der Waals surface area contributed by atoms with Gasteiger partial charge in [0.2, 0.25) is 0 Å². The summed E-state index contributed by atoms with van der Waals surface area (Å²) in [5.41, 5.74) is 0.147. The summed E-state index contributed by atoms with van der Waals surface area (Å²) in [5, 5.41) is 9.16. The van der Waals surface area contributed by atoms with Gasteiger partial charge in [-0.1, -0.05) is 0 Å².